The lowest BCUT2D eigenvalue weighted by atomic mass is 10.2. The molecule has 4 nitrogen and oxygen atoms in total. The zero-order valence-electron chi connectivity index (χ0n) is 13.0. The number of thiophene rings is 1. The molecule has 3 aromatic rings. The van der Waals surface area contributed by atoms with Gasteiger partial charge in [0.1, 0.15) is 0 Å². The lowest BCUT2D eigenvalue weighted by Crippen LogP contribution is -2.39. The predicted molar refractivity (Wildman–Crippen MR) is 94.4 cm³/mol. The number of hydrogen-bond donors (Lipinski definition) is 1. The molecule has 0 spiro atoms. The summed E-state index contributed by atoms with van der Waals surface area (Å²) in [6.45, 7) is 3.80. The fraction of sp³-hybridized carbons (Fsp3) is 0.222. The molecule has 2 amide bonds. The summed E-state index contributed by atoms with van der Waals surface area (Å²) in [5.74, 6) is 0. The maximum Gasteiger partial charge on any atom is 0.317 e. The maximum atomic E-state index is 12.4. The molecule has 118 valence electrons. The number of carbonyl (C=O) groups is 1. The van der Waals surface area contributed by atoms with Crippen molar-refractivity contribution in [3.8, 4) is 0 Å². The SMILES string of the molecule is CCN(Cc1ccncc1)C(=O)NCc1csc2ccccc12. The van der Waals surface area contributed by atoms with Crippen LogP contribution in [0.25, 0.3) is 10.1 Å². The molecule has 1 N–H and O–H groups in total. The minimum atomic E-state index is -0.0420. The van der Waals surface area contributed by atoms with E-state index in [-0.39, 0.29) is 6.03 Å². The van der Waals surface area contributed by atoms with Crippen LogP contribution >= 0.6 is 11.3 Å². The Hall–Kier alpha value is -2.40. The van der Waals surface area contributed by atoms with Gasteiger partial charge in [0.25, 0.3) is 0 Å². The van der Waals surface area contributed by atoms with Crippen LogP contribution in [-0.4, -0.2) is 22.5 Å². The molecular weight excluding hydrogens is 306 g/mol. The van der Waals surface area contributed by atoms with Crippen LogP contribution in [0.4, 0.5) is 4.79 Å². The Labute approximate surface area is 139 Å². The third kappa shape index (κ3) is 3.68. The summed E-state index contributed by atoms with van der Waals surface area (Å²) in [5, 5.41) is 6.36. The van der Waals surface area contributed by atoms with Crippen molar-refractivity contribution >= 4 is 27.5 Å². The van der Waals surface area contributed by atoms with Crippen LogP contribution in [0.5, 0.6) is 0 Å². The molecule has 2 aromatic heterocycles. The predicted octanol–water partition coefficient (Wildman–Crippen LogP) is 4.03. The van der Waals surface area contributed by atoms with Crippen molar-refractivity contribution in [1.29, 1.82) is 0 Å². The topological polar surface area (TPSA) is 45.2 Å². The number of benzene rings is 1. The quantitative estimate of drug-likeness (QED) is 0.770. The number of urea groups is 1. The third-order valence-electron chi connectivity index (χ3n) is 3.78. The first-order valence-corrected chi connectivity index (χ1v) is 8.52. The van der Waals surface area contributed by atoms with Crippen LogP contribution in [0.3, 0.4) is 0 Å². The molecule has 0 aliphatic heterocycles. The molecule has 3 rings (SSSR count). The minimum Gasteiger partial charge on any atom is -0.334 e. The van der Waals surface area contributed by atoms with Crippen molar-refractivity contribution in [2.45, 2.75) is 20.0 Å². The Morgan fingerprint density at radius 3 is 2.78 bits per heavy atom. The molecule has 0 unspecified atom stereocenters. The second kappa shape index (κ2) is 7.24. The molecule has 0 radical (unpaired) electrons. The summed E-state index contributed by atoms with van der Waals surface area (Å²) in [5.41, 5.74) is 2.25. The number of nitrogens with one attached hydrogen (secondary N) is 1. The molecule has 0 aliphatic rings. The fourth-order valence-corrected chi connectivity index (χ4v) is 3.45. The normalized spacial score (nSPS) is 10.7. The lowest BCUT2D eigenvalue weighted by molar-refractivity contribution is 0.197. The van der Waals surface area contributed by atoms with Gasteiger partial charge in [0.2, 0.25) is 0 Å². The second-order valence-electron chi connectivity index (χ2n) is 5.29. The first-order valence-electron chi connectivity index (χ1n) is 7.64. The summed E-state index contributed by atoms with van der Waals surface area (Å²) < 4.78 is 1.25. The Bertz CT molecular complexity index is 785. The van der Waals surface area contributed by atoms with E-state index in [0.717, 1.165) is 5.56 Å². The lowest BCUT2D eigenvalue weighted by Gasteiger charge is -2.21. The van der Waals surface area contributed by atoms with Crippen LogP contribution in [0, 0.1) is 0 Å². The van der Waals surface area contributed by atoms with Gasteiger partial charge in [0.15, 0.2) is 0 Å². The molecule has 0 fully saturated rings. The van der Waals surface area contributed by atoms with Crippen molar-refractivity contribution in [3.63, 3.8) is 0 Å². The van der Waals surface area contributed by atoms with Crippen molar-refractivity contribution in [1.82, 2.24) is 15.2 Å². The highest BCUT2D eigenvalue weighted by atomic mass is 32.1. The monoisotopic (exact) mass is 325 g/mol. The van der Waals surface area contributed by atoms with Gasteiger partial charge in [-0.1, -0.05) is 18.2 Å². The average molecular weight is 325 g/mol. The van der Waals surface area contributed by atoms with Gasteiger partial charge in [0.05, 0.1) is 0 Å². The van der Waals surface area contributed by atoms with Gasteiger partial charge in [-0.3, -0.25) is 4.98 Å². The Morgan fingerprint density at radius 1 is 1.22 bits per heavy atom. The molecule has 0 saturated heterocycles. The van der Waals surface area contributed by atoms with E-state index in [0.29, 0.717) is 19.6 Å². The van der Waals surface area contributed by atoms with Crippen molar-refractivity contribution in [2.24, 2.45) is 0 Å². The number of rotatable bonds is 5. The van der Waals surface area contributed by atoms with Crippen LogP contribution in [-0.2, 0) is 13.1 Å². The average Bonchev–Trinajstić information content (AvgIpc) is 3.01. The molecular formula is C18H19N3OS. The second-order valence-corrected chi connectivity index (χ2v) is 6.20. The summed E-state index contributed by atoms with van der Waals surface area (Å²) in [4.78, 5) is 18.2. The molecule has 0 atom stereocenters. The summed E-state index contributed by atoms with van der Waals surface area (Å²) in [6.07, 6.45) is 3.50. The highest BCUT2D eigenvalue weighted by Crippen LogP contribution is 2.25. The number of hydrogen-bond acceptors (Lipinski definition) is 3. The molecule has 1 aromatic carbocycles. The number of carbonyl (C=O) groups excluding carboxylic acids is 1. The van der Waals surface area contributed by atoms with E-state index < -0.39 is 0 Å². The number of nitrogens with zero attached hydrogens (tertiary/aromatic N) is 2. The molecule has 0 aliphatic carbocycles. The third-order valence-corrected chi connectivity index (χ3v) is 4.80. The van der Waals surface area contributed by atoms with E-state index in [2.05, 4.69) is 27.8 Å². The Kier molecular flexibility index (Phi) is 4.88. The van der Waals surface area contributed by atoms with Gasteiger partial charge in [-0.2, -0.15) is 0 Å². The molecule has 5 heteroatoms. The maximum absolute atomic E-state index is 12.4. The summed E-state index contributed by atoms with van der Waals surface area (Å²) in [7, 11) is 0. The molecule has 0 bridgehead atoms. The summed E-state index contributed by atoms with van der Waals surface area (Å²) in [6, 6.07) is 12.1. The number of pyridine rings is 1. The Balaban J connectivity index is 1.63. The zero-order chi connectivity index (χ0) is 16.1. The number of aromatic nitrogens is 1. The standard InChI is InChI=1S/C18H19N3OS/c1-2-21(12-14-7-9-19-10-8-14)18(22)20-11-15-13-23-17-6-4-3-5-16(15)17/h3-10,13H,2,11-12H2,1H3,(H,20,22). The highest BCUT2D eigenvalue weighted by molar-refractivity contribution is 7.17. The Morgan fingerprint density at radius 2 is 2.00 bits per heavy atom. The van der Waals surface area contributed by atoms with E-state index in [1.165, 1.54) is 15.6 Å². The van der Waals surface area contributed by atoms with Crippen LogP contribution in [0.15, 0.2) is 54.2 Å². The van der Waals surface area contributed by atoms with E-state index in [1.807, 2.05) is 31.2 Å². The molecule has 0 saturated carbocycles. The van der Waals surface area contributed by atoms with E-state index >= 15 is 0 Å². The number of amides is 2. The van der Waals surface area contributed by atoms with Crippen molar-refractivity contribution in [3.05, 3.63) is 65.3 Å². The van der Waals surface area contributed by atoms with Crippen molar-refractivity contribution in [2.75, 3.05) is 6.54 Å². The number of fused-ring (bicyclic) bond motifs is 1. The van der Waals surface area contributed by atoms with Gasteiger partial charge in [0, 0.05) is 36.7 Å². The van der Waals surface area contributed by atoms with Crippen LogP contribution in [0.2, 0.25) is 0 Å². The largest absolute Gasteiger partial charge is 0.334 e. The fourth-order valence-electron chi connectivity index (χ4n) is 2.49. The summed E-state index contributed by atoms with van der Waals surface area (Å²) >= 11 is 1.71. The first kappa shape index (κ1) is 15.5. The van der Waals surface area contributed by atoms with E-state index in [1.54, 1.807) is 28.6 Å². The smallest absolute Gasteiger partial charge is 0.317 e. The molecule has 2 heterocycles. The highest BCUT2D eigenvalue weighted by Gasteiger charge is 2.12. The van der Waals surface area contributed by atoms with Crippen LogP contribution in [0.1, 0.15) is 18.1 Å². The van der Waals surface area contributed by atoms with Gasteiger partial charge >= 0.3 is 6.03 Å². The van der Waals surface area contributed by atoms with Gasteiger partial charge in [-0.05, 0) is 47.0 Å². The zero-order valence-corrected chi connectivity index (χ0v) is 13.8. The van der Waals surface area contributed by atoms with Gasteiger partial charge in [-0.15, -0.1) is 11.3 Å². The van der Waals surface area contributed by atoms with Gasteiger partial charge in [-0.25, -0.2) is 4.79 Å². The van der Waals surface area contributed by atoms with Crippen molar-refractivity contribution < 1.29 is 4.79 Å². The van der Waals surface area contributed by atoms with E-state index in [9.17, 15) is 4.79 Å². The minimum absolute atomic E-state index is 0.0420. The van der Waals surface area contributed by atoms with Gasteiger partial charge < -0.3 is 10.2 Å². The molecule has 23 heavy (non-hydrogen) atoms. The van der Waals surface area contributed by atoms with Crippen LogP contribution < -0.4 is 5.32 Å². The van der Waals surface area contributed by atoms with E-state index in [4.69, 9.17) is 0 Å². The first-order chi connectivity index (χ1) is 11.3.